The number of nitrogens with one attached hydrogen (secondary N) is 2. The molecule has 0 spiro atoms. The maximum Gasteiger partial charge on any atom is 0.148 e. The number of H-pyrrole nitrogens is 1. The average molecular weight is 195 g/mol. The van der Waals surface area contributed by atoms with E-state index in [9.17, 15) is 4.39 Å². The monoisotopic (exact) mass is 195 g/mol. The van der Waals surface area contributed by atoms with Gasteiger partial charge in [-0.25, -0.2) is 4.39 Å². The number of hydrogen-bond donors (Lipinski definition) is 2. The van der Waals surface area contributed by atoms with Gasteiger partial charge in [-0.3, -0.25) is 5.10 Å². The number of benzene rings is 1. The van der Waals surface area contributed by atoms with Gasteiger partial charge in [0.15, 0.2) is 0 Å². The van der Waals surface area contributed by atoms with Gasteiger partial charge in [-0.15, -0.1) is 0 Å². The van der Waals surface area contributed by atoms with Crippen molar-refractivity contribution in [1.82, 2.24) is 10.2 Å². The Bertz CT molecular complexity index is 409. The summed E-state index contributed by atoms with van der Waals surface area (Å²) in [5.41, 5.74) is 1.17. The third-order valence-corrected chi connectivity index (χ3v) is 1.82. The number of aromatic amines is 1. The topological polar surface area (TPSA) is 40.7 Å². The van der Waals surface area contributed by atoms with Crippen LogP contribution >= 0.6 is 0 Å². The Morgan fingerprint density at radius 3 is 2.71 bits per heavy atom. The van der Waals surface area contributed by atoms with Crippen LogP contribution in [0.2, 0.25) is 0 Å². The first kappa shape index (κ1) is 10.5. The quantitative estimate of drug-likeness (QED) is 0.734. The number of nitrogens with zero attached hydrogens (tertiary/aromatic N) is 1. The lowest BCUT2D eigenvalue weighted by molar-refractivity contribution is 0.633. The summed E-state index contributed by atoms with van der Waals surface area (Å²) in [6.45, 7) is 4.00. The number of hydrogen-bond acceptors (Lipinski definition) is 2. The molecule has 0 aliphatic rings. The Morgan fingerprint density at radius 1 is 1.36 bits per heavy atom. The highest BCUT2D eigenvalue weighted by Gasteiger charge is 2.06. The van der Waals surface area contributed by atoms with Gasteiger partial charge in [-0.1, -0.05) is 13.8 Å². The van der Waals surface area contributed by atoms with Crippen molar-refractivity contribution in [2.45, 2.75) is 13.8 Å². The van der Waals surface area contributed by atoms with Crippen molar-refractivity contribution >= 4 is 16.6 Å². The minimum Gasteiger partial charge on any atom is -0.384 e. The maximum atomic E-state index is 13.1. The fourth-order valence-electron chi connectivity index (χ4n) is 1.23. The minimum atomic E-state index is -0.269. The zero-order valence-corrected chi connectivity index (χ0v) is 8.56. The van der Waals surface area contributed by atoms with E-state index in [1.807, 2.05) is 13.8 Å². The summed E-state index contributed by atoms with van der Waals surface area (Å²) < 4.78 is 13.1. The number of anilines is 1. The Hall–Kier alpha value is -1.58. The molecule has 0 aliphatic carbocycles. The molecule has 76 valence electrons. The summed E-state index contributed by atoms with van der Waals surface area (Å²) in [4.78, 5) is 0. The van der Waals surface area contributed by atoms with Crippen LogP contribution in [0.3, 0.4) is 0 Å². The molecule has 0 radical (unpaired) electrons. The van der Waals surface area contributed by atoms with Crippen LogP contribution in [0.15, 0.2) is 18.3 Å². The Morgan fingerprint density at radius 2 is 2.07 bits per heavy atom. The van der Waals surface area contributed by atoms with E-state index in [1.165, 1.54) is 6.07 Å². The van der Waals surface area contributed by atoms with Gasteiger partial charge < -0.3 is 5.32 Å². The molecule has 2 aromatic rings. The van der Waals surface area contributed by atoms with E-state index in [0.717, 1.165) is 5.39 Å². The molecule has 2 N–H and O–H groups in total. The van der Waals surface area contributed by atoms with Crippen LogP contribution in [-0.4, -0.2) is 17.2 Å². The van der Waals surface area contributed by atoms with Crippen molar-refractivity contribution in [3.8, 4) is 0 Å². The summed E-state index contributed by atoms with van der Waals surface area (Å²) in [6.07, 6.45) is 1.66. The molecule has 0 aliphatic heterocycles. The van der Waals surface area contributed by atoms with E-state index in [0.29, 0.717) is 11.2 Å². The van der Waals surface area contributed by atoms with Crippen LogP contribution in [0.25, 0.3) is 10.9 Å². The SMILES string of the molecule is CC.CNc1c(F)ccc2cn[nH]c12. The summed E-state index contributed by atoms with van der Waals surface area (Å²) in [5, 5.41) is 10.2. The van der Waals surface area contributed by atoms with Gasteiger partial charge in [-0.05, 0) is 12.1 Å². The molecule has 4 heteroatoms. The van der Waals surface area contributed by atoms with E-state index < -0.39 is 0 Å². The molecule has 3 nitrogen and oxygen atoms in total. The maximum absolute atomic E-state index is 13.1. The van der Waals surface area contributed by atoms with Gasteiger partial charge >= 0.3 is 0 Å². The van der Waals surface area contributed by atoms with Crippen molar-refractivity contribution < 1.29 is 4.39 Å². The lowest BCUT2D eigenvalue weighted by Gasteiger charge is -2.01. The van der Waals surface area contributed by atoms with E-state index >= 15 is 0 Å². The molecule has 0 unspecified atom stereocenters. The lowest BCUT2D eigenvalue weighted by Crippen LogP contribution is -1.93. The first-order valence-corrected chi connectivity index (χ1v) is 4.62. The predicted octanol–water partition coefficient (Wildman–Crippen LogP) is 2.77. The normalized spacial score (nSPS) is 9.43. The van der Waals surface area contributed by atoms with Crippen molar-refractivity contribution in [2.24, 2.45) is 0 Å². The largest absolute Gasteiger partial charge is 0.384 e. The molecular formula is C10H14FN3. The molecule has 1 heterocycles. The molecule has 0 fully saturated rings. The second kappa shape index (κ2) is 4.60. The second-order valence-electron chi connectivity index (χ2n) is 2.51. The van der Waals surface area contributed by atoms with Crippen LogP contribution in [0.5, 0.6) is 0 Å². The molecule has 0 saturated carbocycles. The fraction of sp³-hybridized carbons (Fsp3) is 0.300. The van der Waals surface area contributed by atoms with Crippen molar-refractivity contribution in [1.29, 1.82) is 0 Å². The standard InChI is InChI=1S/C8H8FN3.C2H6/c1-10-8-6(9)3-2-5-4-11-12-7(5)8;1-2/h2-4,10H,1H3,(H,11,12);1-2H3. The summed E-state index contributed by atoms with van der Waals surface area (Å²) in [5.74, 6) is -0.269. The highest BCUT2D eigenvalue weighted by Crippen LogP contribution is 2.23. The lowest BCUT2D eigenvalue weighted by atomic mass is 10.2. The van der Waals surface area contributed by atoms with Gasteiger partial charge in [0, 0.05) is 12.4 Å². The Kier molecular flexibility index (Phi) is 3.45. The van der Waals surface area contributed by atoms with Crippen LogP contribution in [0.4, 0.5) is 10.1 Å². The second-order valence-corrected chi connectivity index (χ2v) is 2.51. The first-order chi connectivity index (χ1) is 6.83. The average Bonchev–Trinajstić information content (AvgIpc) is 2.69. The molecule has 0 atom stereocenters. The third-order valence-electron chi connectivity index (χ3n) is 1.82. The van der Waals surface area contributed by atoms with Gasteiger partial charge in [0.2, 0.25) is 0 Å². The van der Waals surface area contributed by atoms with Crippen molar-refractivity contribution in [2.75, 3.05) is 12.4 Å². The summed E-state index contributed by atoms with van der Waals surface area (Å²) in [7, 11) is 1.68. The predicted molar refractivity (Wildman–Crippen MR) is 56.9 cm³/mol. The highest BCUT2D eigenvalue weighted by molar-refractivity contribution is 5.90. The highest BCUT2D eigenvalue weighted by atomic mass is 19.1. The number of fused-ring (bicyclic) bond motifs is 1. The van der Waals surface area contributed by atoms with Crippen molar-refractivity contribution in [3.63, 3.8) is 0 Å². The van der Waals surface area contributed by atoms with Gasteiger partial charge in [0.25, 0.3) is 0 Å². The number of rotatable bonds is 1. The molecule has 1 aromatic carbocycles. The molecule has 0 saturated heterocycles. The van der Waals surface area contributed by atoms with Crippen LogP contribution < -0.4 is 5.32 Å². The summed E-state index contributed by atoms with van der Waals surface area (Å²) in [6, 6.07) is 3.11. The van der Waals surface area contributed by atoms with Crippen LogP contribution in [-0.2, 0) is 0 Å². The molecule has 0 bridgehead atoms. The van der Waals surface area contributed by atoms with Crippen LogP contribution in [0, 0.1) is 5.82 Å². The first-order valence-electron chi connectivity index (χ1n) is 4.62. The van der Waals surface area contributed by atoms with Gasteiger partial charge in [0.05, 0.1) is 17.4 Å². The minimum absolute atomic E-state index is 0.269. The third kappa shape index (κ3) is 1.69. The summed E-state index contributed by atoms with van der Waals surface area (Å²) >= 11 is 0. The Labute approximate surface area is 82.3 Å². The van der Waals surface area contributed by atoms with E-state index in [1.54, 1.807) is 19.3 Å². The number of aromatic nitrogens is 2. The zero-order valence-electron chi connectivity index (χ0n) is 8.56. The van der Waals surface area contributed by atoms with Crippen molar-refractivity contribution in [3.05, 3.63) is 24.1 Å². The van der Waals surface area contributed by atoms with Gasteiger partial charge in [0.1, 0.15) is 5.82 Å². The number of halogens is 1. The van der Waals surface area contributed by atoms with Crippen LogP contribution in [0.1, 0.15) is 13.8 Å². The fourth-order valence-corrected chi connectivity index (χ4v) is 1.23. The van der Waals surface area contributed by atoms with E-state index in [4.69, 9.17) is 0 Å². The molecule has 0 amide bonds. The van der Waals surface area contributed by atoms with E-state index in [-0.39, 0.29) is 5.82 Å². The van der Waals surface area contributed by atoms with E-state index in [2.05, 4.69) is 15.5 Å². The molecule has 14 heavy (non-hydrogen) atoms. The zero-order chi connectivity index (χ0) is 10.6. The molecule has 1 aromatic heterocycles. The smallest absolute Gasteiger partial charge is 0.148 e. The molecule has 2 rings (SSSR count). The molecular weight excluding hydrogens is 181 g/mol. The van der Waals surface area contributed by atoms with Gasteiger partial charge in [-0.2, -0.15) is 5.10 Å². The Balaban J connectivity index is 0.000000461.